The van der Waals surface area contributed by atoms with Crippen LogP contribution >= 0.6 is 0 Å². The Morgan fingerprint density at radius 3 is 2.67 bits per heavy atom. The lowest BCUT2D eigenvalue weighted by molar-refractivity contribution is -0.384. The van der Waals surface area contributed by atoms with Gasteiger partial charge >= 0.3 is 11.7 Å². The van der Waals surface area contributed by atoms with Gasteiger partial charge in [0.15, 0.2) is 5.69 Å². The summed E-state index contributed by atoms with van der Waals surface area (Å²) in [4.78, 5) is 38.6. The fraction of sp³-hybridized carbons (Fsp3) is 0.417. The van der Waals surface area contributed by atoms with E-state index >= 15 is 0 Å². The molecule has 9 heteroatoms. The molecule has 1 heterocycles. The van der Waals surface area contributed by atoms with Crippen LogP contribution in [0.4, 0.5) is 11.5 Å². The standard InChI is InChI=1S/C12H16N4O5/c1-4-13-10(17)7-15(2)11-9(16(19)20)6-5-8(14-11)12(18)21-3/h5-6H,4,7H2,1-3H3,(H,13,17). The van der Waals surface area contributed by atoms with Crippen molar-refractivity contribution in [3.63, 3.8) is 0 Å². The van der Waals surface area contributed by atoms with Crippen LogP contribution in [0.25, 0.3) is 0 Å². The molecule has 1 N–H and O–H groups in total. The second-order valence-corrected chi connectivity index (χ2v) is 4.10. The fourth-order valence-electron chi connectivity index (χ4n) is 1.63. The second kappa shape index (κ2) is 7.17. The number of carbonyl (C=O) groups excluding carboxylic acids is 2. The minimum Gasteiger partial charge on any atom is -0.464 e. The number of amides is 1. The molecule has 0 saturated heterocycles. The van der Waals surface area contributed by atoms with Gasteiger partial charge in [0.1, 0.15) is 0 Å². The first-order valence-electron chi connectivity index (χ1n) is 6.12. The van der Waals surface area contributed by atoms with Crippen molar-refractivity contribution in [2.75, 3.05) is 32.1 Å². The molecule has 0 saturated carbocycles. The highest BCUT2D eigenvalue weighted by molar-refractivity contribution is 5.88. The summed E-state index contributed by atoms with van der Waals surface area (Å²) < 4.78 is 4.52. The first-order valence-corrected chi connectivity index (χ1v) is 6.12. The molecule has 9 nitrogen and oxygen atoms in total. The number of aromatic nitrogens is 1. The van der Waals surface area contributed by atoms with Crippen molar-refractivity contribution in [1.29, 1.82) is 0 Å². The van der Waals surface area contributed by atoms with Crippen LogP contribution in [-0.4, -0.2) is 49.0 Å². The van der Waals surface area contributed by atoms with E-state index in [0.717, 1.165) is 6.07 Å². The summed E-state index contributed by atoms with van der Waals surface area (Å²) in [5.74, 6) is -1.09. The minimum atomic E-state index is -0.711. The normalized spacial score (nSPS) is 9.86. The molecule has 0 unspecified atom stereocenters. The van der Waals surface area contributed by atoms with Crippen LogP contribution in [0.2, 0.25) is 0 Å². The molecule has 0 spiro atoms. The molecule has 1 amide bonds. The van der Waals surface area contributed by atoms with E-state index in [-0.39, 0.29) is 29.7 Å². The first kappa shape index (κ1) is 16.3. The molecule has 0 aromatic carbocycles. The largest absolute Gasteiger partial charge is 0.464 e. The van der Waals surface area contributed by atoms with Crippen molar-refractivity contribution in [3.8, 4) is 0 Å². The number of nitrogens with one attached hydrogen (secondary N) is 1. The third kappa shape index (κ3) is 4.13. The number of methoxy groups -OCH3 is 1. The van der Waals surface area contributed by atoms with Crippen LogP contribution in [0.1, 0.15) is 17.4 Å². The zero-order valence-corrected chi connectivity index (χ0v) is 12.0. The Labute approximate surface area is 121 Å². The predicted molar refractivity (Wildman–Crippen MR) is 74.2 cm³/mol. The molecule has 1 aromatic rings. The Morgan fingerprint density at radius 1 is 1.48 bits per heavy atom. The smallest absolute Gasteiger partial charge is 0.356 e. The molecule has 1 rings (SSSR count). The molecule has 114 valence electrons. The van der Waals surface area contributed by atoms with E-state index < -0.39 is 10.9 Å². The summed E-state index contributed by atoms with van der Waals surface area (Å²) in [5.41, 5.74) is -0.365. The average Bonchev–Trinajstić information content (AvgIpc) is 2.45. The topological polar surface area (TPSA) is 115 Å². The van der Waals surface area contributed by atoms with E-state index in [0.29, 0.717) is 6.54 Å². The molecule has 1 aromatic heterocycles. The van der Waals surface area contributed by atoms with Gasteiger partial charge in [-0.3, -0.25) is 14.9 Å². The van der Waals surface area contributed by atoms with Crippen molar-refractivity contribution in [3.05, 3.63) is 27.9 Å². The zero-order chi connectivity index (χ0) is 16.0. The number of ether oxygens (including phenoxy) is 1. The summed E-state index contributed by atoms with van der Waals surface area (Å²) in [6.07, 6.45) is 0. The van der Waals surface area contributed by atoms with Gasteiger partial charge in [0.2, 0.25) is 11.7 Å². The highest BCUT2D eigenvalue weighted by Crippen LogP contribution is 2.25. The number of nitrogens with zero attached hydrogens (tertiary/aromatic N) is 3. The van der Waals surface area contributed by atoms with Crippen molar-refractivity contribution >= 4 is 23.4 Å². The SMILES string of the molecule is CCNC(=O)CN(C)c1nc(C(=O)OC)ccc1[N+](=O)[O-]. The van der Waals surface area contributed by atoms with Crippen LogP contribution in [0.15, 0.2) is 12.1 Å². The van der Waals surface area contributed by atoms with Crippen molar-refractivity contribution in [1.82, 2.24) is 10.3 Å². The maximum absolute atomic E-state index is 11.5. The van der Waals surface area contributed by atoms with Crippen LogP contribution in [-0.2, 0) is 9.53 Å². The van der Waals surface area contributed by atoms with E-state index in [2.05, 4.69) is 15.0 Å². The molecule has 0 atom stereocenters. The van der Waals surface area contributed by atoms with Gasteiger partial charge in [-0.1, -0.05) is 0 Å². The number of likely N-dealkylation sites (N-methyl/N-ethyl adjacent to an activating group) is 2. The molecule has 0 aliphatic rings. The van der Waals surface area contributed by atoms with Crippen molar-refractivity contribution < 1.29 is 19.2 Å². The average molecular weight is 296 g/mol. The molecule has 0 bridgehead atoms. The Balaban J connectivity index is 3.13. The van der Waals surface area contributed by atoms with Crippen LogP contribution < -0.4 is 10.2 Å². The Bertz CT molecular complexity index is 561. The van der Waals surface area contributed by atoms with Gasteiger partial charge in [-0.25, -0.2) is 9.78 Å². The third-order valence-electron chi connectivity index (χ3n) is 2.56. The zero-order valence-electron chi connectivity index (χ0n) is 12.0. The molecule has 0 aliphatic carbocycles. The molecule has 21 heavy (non-hydrogen) atoms. The second-order valence-electron chi connectivity index (χ2n) is 4.10. The monoisotopic (exact) mass is 296 g/mol. The number of hydrogen-bond acceptors (Lipinski definition) is 7. The first-order chi connectivity index (χ1) is 9.90. The van der Waals surface area contributed by atoms with Gasteiger partial charge in [0.25, 0.3) is 0 Å². The van der Waals surface area contributed by atoms with Crippen molar-refractivity contribution in [2.45, 2.75) is 6.92 Å². The number of pyridine rings is 1. The number of hydrogen-bond donors (Lipinski definition) is 1. The van der Waals surface area contributed by atoms with Gasteiger partial charge in [0.05, 0.1) is 18.6 Å². The van der Waals surface area contributed by atoms with Gasteiger partial charge in [-0.15, -0.1) is 0 Å². The van der Waals surface area contributed by atoms with Gasteiger partial charge < -0.3 is 15.0 Å². The number of rotatable bonds is 6. The summed E-state index contributed by atoms with van der Waals surface area (Å²) in [5, 5.41) is 13.6. The lowest BCUT2D eigenvalue weighted by Crippen LogP contribution is -2.35. The number of esters is 1. The maximum Gasteiger partial charge on any atom is 0.356 e. The molecular weight excluding hydrogens is 280 g/mol. The Morgan fingerprint density at radius 2 is 2.14 bits per heavy atom. The Hall–Kier alpha value is -2.71. The van der Waals surface area contributed by atoms with E-state index in [9.17, 15) is 19.7 Å². The maximum atomic E-state index is 11.5. The molecule has 0 fully saturated rings. The molecule has 0 radical (unpaired) electrons. The lowest BCUT2D eigenvalue weighted by Gasteiger charge is -2.17. The fourth-order valence-corrected chi connectivity index (χ4v) is 1.63. The van der Waals surface area contributed by atoms with Gasteiger partial charge in [-0.2, -0.15) is 0 Å². The Kier molecular flexibility index (Phi) is 5.58. The summed E-state index contributed by atoms with van der Waals surface area (Å²) in [6, 6.07) is 2.36. The van der Waals surface area contributed by atoms with Crippen LogP contribution in [0, 0.1) is 10.1 Å². The van der Waals surface area contributed by atoms with E-state index in [1.807, 2.05) is 0 Å². The van der Waals surface area contributed by atoms with E-state index in [1.165, 1.54) is 25.1 Å². The van der Waals surface area contributed by atoms with Crippen molar-refractivity contribution in [2.24, 2.45) is 0 Å². The predicted octanol–water partition coefficient (Wildman–Crippen LogP) is 0.349. The number of anilines is 1. The highest BCUT2D eigenvalue weighted by atomic mass is 16.6. The summed E-state index contributed by atoms with van der Waals surface area (Å²) in [7, 11) is 2.66. The third-order valence-corrected chi connectivity index (χ3v) is 2.56. The van der Waals surface area contributed by atoms with E-state index in [1.54, 1.807) is 6.92 Å². The van der Waals surface area contributed by atoms with Gasteiger partial charge in [0, 0.05) is 19.7 Å². The van der Waals surface area contributed by atoms with Crippen LogP contribution in [0.5, 0.6) is 0 Å². The lowest BCUT2D eigenvalue weighted by atomic mass is 10.3. The molecule has 0 aliphatic heterocycles. The summed E-state index contributed by atoms with van der Waals surface area (Å²) >= 11 is 0. The quantitative estimate of drug-likeness (QED) is 0.457. The minimum absolute atomic E-state index is 0.0687. The highest BCUT2D eigenvalue weighted by Gasteiger charge is 2.23. The van der Waals surface area contributed by atoms with E-state index in [4.69, 9.17) is 0 Å². The summed E-state index contributed by atoms with van der Waals surface area (Å²) in [6.45, 7) is 2.09. The number of carbonyl (C=O) groups is 2. The molecular formula is C12H16N4O5. The van der Waals surface area contributed by atoms with Crippen LogP contribution in [0.3, 0.4) is 0 Å². The number of nitro groups is 1. The van der Waals surface area contributed by atoms with Gasteiger partial charge in [-0.05, 0) is 13.0 Å².